The highest BCUT2D eigenvalue weighted by Crippen LogP contribution is 2.33. The number of nitrogens with zero attached hydrogens (tertiary/aromatic N) is 1. The third-order valence-electron chi connectivity index (χ3n) is 2.73. The lowest BCUT2D eigenvalue weighted by Gasteiger charge is -2.34. The lowest BCUT2D eigenvalue weighted by atomic mass is 9.97. The third-order valence-corrected chi connectivity index (χ3v) is 2.73. The van der Waals surface area contributed by atoms with Crippen molar-refractivity contribution in [2.24, 2.45) is 11.7 Å². The van der Waals surface area contributed by atoms with E-state index in [9.17, 15) is 18.0 Å². The standard InChI is InChI=1S/C10H17F3N2O/c1-7(14)5-9(16)15-4-2-3-8(6-15)10(11,12)13/h7-8H,2-6,14H2,1H3. The lowest BCUT2D eigenvalue weighted by Crippen LogP contribution is -2.45. The maximum absolute atomic E-state index is 12.5. The van der Waals surface area contributed by atoms with Crippen molar-refractivity contribution in [1.82, 2.24) is 4.90 Å². The minimum atomic E-state index is -4.20. The number of alkyl halides is 3. The molecule has 1 rings (SSSR count). The molecule has 0 saturated carbocycles. The summed E-state index contributed by atoms with van der Waals surface area (Å²) in [5.41, 5.74) is 5.45. The zero-order chi connectivity index (χ0) is 12.3. The van der Waals surface area contributed by atoms with Crippen molar-refractivity contribution < 1.29 is 18.0 Å². The number of piperidine rings is 1. The predicted molar refractivity (Wildman–Crippen MR) is 53.6 cm³/mol. The van der Waals surface area contributed by atoms with Crippen LogP contribution in [0.15, 0.2) is 0 Å². The van der Waals surface area contributed by atoms with Crippen LogP contribution in [0.3, 0.4) is 0 Å². The Morgan fingerprint density at radius 3 is 2.69 bits per heavy atom. The van der Waals surface area contributed by atoms with Crippen LogP contribution in [-0.2, 0) is 4.79 Å². The van der Waals surface area contributed by atoms with Gasteiger partial charge < -0.3 is 10.6 Å². The van der Waals surface area contributed by atoms with Gasteiger partial charge in [0.15, 0.2) is 0 Å². The summed E-state index contributed by atoms with van der Waals surface area (Å²) < 4.78 is 37.4. The van der Waals surface area contributed by atoms with Gasteiger partial charge >= 0.3 is 6.18 Å². The van der Waals surface area contributed by atoms with Crippen LogP contribution < -0.4 is 5.73 Å². The fraction of sp³-hybridized carbons (Fsp3) is 0.900. The Balaban J connectivity index is 2.54. The van der Waals surface area contributed by atoms with Crippen LogP contribution in [0, 0.1) is 5.92 Å². The Labute approximate surface area is 92.8 Å². The monoisotopic (exact) mass is 238 g/mol. The Morgan fingerprint density at radius 2 is 2.19 bits per heavy atom. The Hall–Kier alpha value is -0.780. The number of carbonyl (C=O) groups is 1. The van der Waals surface area contributed by atoms with Crippen LogP contribution in [-0.4, -0.2) is 36.1 Å². The summed E-state index contributed by atoms with van der Waals surface area (Å²) >= 11 is 0. The van der Waals surface area contributed by atoms with Crippen LogP contribution in [0.2, 0.25) is 0 Å². The van der Waals surface area contributed by atoms with Crippen molar-refractivity contribution in [2.45, 2.75) is 38.4 Å². The van der Waals surface area contributed by atoms with Gasteiger partial charge in [-0.25, -0.2) is 0 Å². The van der Waals surface area contributed by atoms with Gasteiger partial charge in [0.2, 0.25) is 5.91 Å². The SMILES string of the molecule is CC(N)CC(=O)N1CCCC(C(F)(F)F)C1. The number of hydrogen-bond donors (Lipinski definition) is 1. The van der Waals surface area contributed by atoms with Crippen molar-refractivity contribution in [1.29, 1.82) is 0 Å². The van der Waals surface area contributed by atoms with E-state index in [0.717, 1.165) is 0 Å². The minimum absolute atomic E-state index is 0.116. The van der Waals surface area contributed by atoms with Gasteiger partial charge in [0, 0.05) is 25.6 Å². The van der Waals surface area contributed by atoms with E-state index in [1.807, 2.05) is 0 Å². The van der Waals surface area contributed by atoms with Gasteiger partial charge in [-0.15, -0.1) is 0 Å². The lowest BCUT2D eigenvalue weighted by molar-refractivity contribution is -0.188. The van der Waals surface area contributed by atoms with E-state index < -0.39 is 12.1 Å². The summed E-state index contributed by atoms with van der Waals surface area (Å²) in [5.74, 6) is -1.65. The summed E-state index contributed by atoms with van der Waals surface area (Å²) in [5, 5.41) is 0. The number of hydrogen-bond acceptors (Lipinski definition) is 2. The first-order valence-electron chi connectivity index (χ1n) is 5.40. The fourth-order valence-electron chi connectivity index (χ4n) is 1.88. The summed E-state index contributed by atoms with van der Waals surface area (Å²) in [7, 11) is 0. The molecular weight excluding hydrogens is 221 g/mol. The van der Waals surface area contributed by atoms with Gasteiger partial charge in [-0.2, -0.15) is 13.2 Å². The molecule has 1 fully saturated rings. The van der Waals surface area contributed by atoms with Crippen molar-refractivity contribution in [3.05, 3.63) is 0 Å². The number of likely N-dealkylation sites (tertiary alicyclic amines) is 1. The van der Waals surface area contributed by atoms with E-state index >= 15 is 0 Å². The minimum Gasteiger partial charge on any atom is -0.342 e. The first kappa shape index (κ1) is 13.3. The summed E-state index contributed by atoms with van der Waals surface area (Å²) in [6.07, 6.45) is -3.56. The molecule has 0 aromatic carbocycles. The van der Waals surface area contributed by atoms with Gasteiger partial charge in [0.05, 0.1) is 5.92 Å². The summed E-state index contributed by atoms with van der Waals surface area (Å²) in [4.78, 5) is 12.8. The Kier molecular flexibility index (Phi) is 4.18. The van der Waals surface area contributed by atoms with Crippen molar-refractivity contribution in [2.75, 3.05) is 13.1 Å². The van der Waals surface area contributed by atoms with Crippen molar-refractivity contribution >= 4 is 5.91 Å². The smallest absolute Gasteiger partial charge is 0.342 e. The number of halogens is 3. The fourth-order valence-corrected chi connectivity index (χ4v) is 1.88. The Bertz CT molecular complexity index is 253. The number of rotatable bonds is 2. The molecule has 0 bridgehead atoms. The molecule has 16 heavy (non-hydrogen) atoms. The molecule has 6 heteroatoms. The van der Waals surface area contributed by atoms with Crippen LogP contribution in [0.4, 0.5) is 13.2 Å². The van der Waals surface area contributed by atoms with Crippen LogP contribution in [0.1, 0.15) is 26.2 Å². The Morgan fingerprint density at radius 1 is 1.56 bits per heavy atom. The number of amides is 1. The highest BCUT2D eigenvalue weighted by atomic mass is 19.4. The van der Waals surface area contributed by atoms with Gasteiger partial charge in [-0.3, -0.25) is 4.79 Å². The molecule has 94 valence electrons. The first-order chi connectivity index (χ1) is 7.30. The maximum Gasteiger partial charge on any atom is 0.393 e. The quantitative estimate of drug-likeness (QED) is 0.793. The molecule has 0 aliphatic carbocycles. The highest BCUT2D eigenvalue weighted by molar-refractivity contribution is 5.76. The predicted octanol–water partition coefficient (Wildman–Crippen LogP) is 1.52. The average Bonchev–Trinajstić information content (AvgIpc) is 2.15. The highest BCUT2D eigenvalue weighted by Gasteiger charge is 2.42. The van der Waals surface area contributed by atoms with Crippen molar-refractivity contribution in [3.63, 3.8) is 0 Å². The van der Waals surface area contributed by atoms with Gasteiger partial charge in [0.1, 0.15) is 0 Å². The normalized spacial score (nSPS) is 24.3. The number of nitrogens with two attached hydrogens (primary N) is 1. The van der Waals surface area contributed by atoms with E-state index in [4.69, 9.17) is 5.73 Å². The molecule has 1 aliphatic heterocycles. The zero-order valence-electron chi connectivity index (χ0n) is 9.26. The molecule has 2 unspecified atom stereocenters. The summed E-state index contributed by atoms with van der Waals surface area (Å²) in [6.45, 7) is 1.87. The van der Waals surface area contributed by atoms with Crippen LogP contribution in [0.5, 0.6) is 0 Å². The molecule has 1 aliphatic rings. The van der Waals surface area contributed by atoms with Crippen LogP contribution in [0.25, 0.3) is 0 Å². The van der Waals surface area contributed by atoms with E-state index in [0.29, 0.717) is 13.0 Å². The largest absolute Gasteiger partial charge is 0.393 e. The third kappa shape index (κ3) is 3.66. The molecule has 0 aromatic rings. The molecule has 0 aromatic heterocycles. The zero-order valence-corrected chi connectivity index (χ0v) is 9.26. The second-order valence-electron chi connectivity index (χ2n) is 4.40. The summed E-state index contributed by atoms with van der Waals surface area (Å²) in [6, 6.07) is -0.307. The van der Waals surface area contributed by atoms with Gasteiger partial charge in [-0.05, 0) is 19.8 Å². The molecule has 0 radical (unpaired) electrons. The van der Waals surface area contributed by atoms with Gasteiger partial charge in [0.25, 0.3) is 0 Å². The topological polar surface area (TPSA) is 46.3 Å². The number of carbonyl (C=O) groups excluding carboxylic acids is 1. The molecule has 2 atom stereocenters. The van der Waals surface area contributed by atoms with E-state index in [-0.39, 0.29) is 31.3 Å². The second-order valence-corrected chi connectivity index (χ2v) is 4.40. The van der Waals surface area contributed by atoms with Gasteiger partial charge in [-0.1, -0.05) is 0 Å². The van der Waals surface area contributed by atoms with E-state index in [1.54, 1.807) is 6.92 Å². The molecular formula is C10H17F3N2O. The van der Waals surface area contributed by atoms with E-state index in [1.165, 1.54) is 4.90 Å². The maximum atomic E-state index is 12.5. The van der Waals surface area contributed by atoms with Crippen LogP contribution >= 0.6 is 0 Å². The molecule has 1 amide bonds. The first-order valence-corrected chi connectivity index (χ1v) is 5.40. The molecule has 1 saturated heterocycles. The molecule has 3 nitrogen and oxygen atoms in total. The van der Waals surface area contributed by atoms with E-state index in [2.05, 4.69) is 0 Å². The average molecular weight is 238 g/mol. The molecule has 0 spiro atoms. The second kappa shape index (κ2) is 5.03. The molecule has 1 heterocycles. The van der Waals surface area contributed by atoms with Crippen molar-refractivity contribution in [3.8, 4) is 0 Å². The molecule has 2 N–H and O–H groups in total.